The average Bonchev–Trinajstić information content (AvgIpc) is 3.65. The molecular formula is C55H74N5O8P. The number of hydrogen-bond donors (Lipinski definition) is 4. The summed E-state index contributed by atoms with van der Waals surface area (Å²) in [6.45, 7) is 21.7. The number of rotatable bonds is 23. The summed E-state index contributed by atoms with van der Waals surface area (Å²) in [5.41, 5.74) is 7.25. The van der Waals surface area contributed by atoms with E-state index in [1.54, 1.807) is 32.9 Å². The van der Waals surface area contributed by atoms with Gasteiger partial charge >= 0.3 is 5.97 Å². The molecule has 0 aliphatic heterocycles. The first-order valence-electron chi connectivity index (χ1n) is 24.1. The lowest BCUT2D eigenvalue weighted by atomic mass is 9.78. The molecule has 0 saturated heterocycles. The number of primary amides is 1. The molecule has 372 valence electrons. The zero-order valence-corrected chi connectivity index (χ0v) is 42.6. The summed E-state index contributed by atoms with van der Waals surface area (Å²) in [7, 11) is -3.24. The lowest BCUT2D eigenvalue weighted by Gasteiger charge is -2.39. The molecule has 1 saturated carbocycles. The summed E-state index contributed by atoms with van der Waals surface area (Å²) < 4.78 is 28.6. The Morgan fingerprint density at radius 1 is 0.841 bits per heavy atom. The number of hydrogen-bond acceptors (Lipinski definition) is 8. The molecule has 1 aliphatic rings. The Labute approximate surface area is 408 Å². The molecule has 1 unspecified atom stereocenters. The maximum Gasteiger partial charge on any atom is 0.307 e. The summed E-state index contributed by atoms with van der Waals surface area (Å²) in [6, 6.07) is 23.9. The lowest BCUT2D eigenvalue weighted by Crippen LogP contribution is -2.64. The van der Waals surface area contributed by atoms with Crippen LogP contribution in [0.5, 0.6) is 0 Å². The van der Waals surface area contributed by atoms with Crippen LogP contribution in [0.1, 0.15) is 121 Å². The van der Waals surface area contributed by atoms with Crippen LogP contribution < -0.4 is 21.7 Å². The van der Waals surface area contributed by atoms with Crippen molar-refractivity contribution in [1.29, 1.82) is 0 Å². The Bertz CT molecular complexity index is 2480. The van der Waals surface area contributed by atoms with E-state index < -0.39 is 78.0 Å². The van der Waals surface area contributed by atoms with Crippen molar-refractivity contribution in [2.75, 3.05) is 6.54 Å². The van der Waals surface area contributed by atoms with Crippen molar-refractivity contribution in [2.24, 2.45) is 17.6 Å². The summed E-state index contributed by atoms with van der Waals surface area (Å²) in [5.74, 6) is -5.03. The Hall–Kier alpha value is -5.78. The highest BCUT2D eigenvalue weighted by atomic mass is 31.2. The average molecular weight is 964 g/mol. The first-order chi connectivity index (χ1) is 32.5. The van der Waals surface area contributed by atoms with Crippen LogP contribution in [0.25, 0.3) is 10.9 Å². The number of allylic oxidation sites excluding steroid dienone is 2. The Morgan fingerprint density at radius 2 is 1.49 bits per heavy atom. The topological polar surface area (TPSA) is 188 Å². The summed E-state index contributed by atoms with van der Waals surface area (Å²) in [6.07, 6.45) is 8.19. The summed E-state index contributed by atoms with van der Waals surface area (Å²) in [4.78, 5) is 69.4. The van der Waals surface area contributed by atoms with E-state index >= 15 is 0 Å². The molecule has 1 heterocycles. The number of ether oxygens (including phenoxy) is 1. The third kappa shape index (κ3) is 16.1. The second kappa shape index (κ2) is 23.7. The third-order valence-corrected chi connectivity index (χ3v) is 14.9. The maximum atomic E-state index is 14.9. The van der Waals surface area contributed by atoms with Crippen molar-refractivity contribution >= 4 is 47.9 Å². The van der Waals surface area contributed by atoms with Gasteiger partial charge in [-0.1, -0.05) is 97.6 Å². The molecule has 4 aromatic rings. The largest absolute Gasteiger partial charge is 0.460 e. The van der Waals surface area contributed by atoms with Gasteiger partial charge in [-0.2, -0.15) is 0 Å². The fraction of sp³-hybridized carbons (Fsp3) is 0.473. The van der Waals surface area contributed by atoms with Crippen LogP contribution in [0.4, 0.5) is 0 Å². The van der Waals surface area contributed by atoms with Crippen LogP contribution in [0.3, 0.4) is 0 Å². The number of amides is 4. The summed E-state index contributed by atoms with van der Waals surface area (Å²) >= 11 is 0. The number of nitrogens with one attached hydrogen (secondary N) is 3. The van der Waals surface area contributed by atoms with E-state index in [-0.39, 0.29) is 44.0 Å². The van der Waals surface area contributed by atoms with Crippen LogP contribution in [-0.4, -0.2) is 63.5 Å². The molecule has 5 N–H and O–H groups in total. The van der Waals surface area contributed by atoms with Crippen molar-refractivity contribution in [3.8, 4) is 0 Å². The zero-order chi connectivity index (χ0) is 50.6. The van der Waals surface area contributed by atoms with Crippen LogP contribution in [-0.2, 0) is 56.7 Å². The monoisotopic (exact) mass is 964 g/mol. The molecule has 0 radical (unpaired) electrons. The second-order valence-corrected chi connectivity index (χ2v) is 23.2. The van der Waals surface area contributed by atoms with Gasteiger partial charge in [0.2, 0.25) is 31.0 Å². The molecular weight excluding hydrogens is 890 g/mol. The van der Waals surface area contributed by atoms with Crippen LogP contribution in [0.2, 0.25) is 0 Å². The minimum Gasteiger partial charge on any atom is -0.460 e. The molecule has 1 aliphatic carbocycles. The first-order valence-corrected chi connectivity index (χ1v) is 26.1. The minimum atomic E-state index is -3.24. The Kier molecular flexibility index (Phi) is 18.6. The lowest BCUT2D eigenvalue weighted by molar-refractivity contribution is -0.157. The van der Waals surface area contributed by atoms with Gasteiger partial charge in [0.15, 0.2) is 0 Å². The van der Waals surface area contributed by atoms with Crippen molar-refractivity contribution in [2.45, 2.75) is 147 Å². The van der Waals surface area contributed by atoms with Gasteiger partial charge in [0, 0.05) is 30.7 Å². The van der Waals surface area contributed by atoms with E-state index in [1.165, 1.54) is 0 Å². The number of benzene rings is 3. The van der Waals surface area contributed by atoms with Gasteiger partial charge in [0.1, 0.15) is 17.2 Å². The molecule has 1 aromatic heterocycles. The Morgan fingerprint density at radius 3 is 2.09 bits per heavy atom. The predicted octanol–water partition coefficient (Wildman–Crippen LogP) is 9.55. The fourth-order valence-corrected chi connectivity index (χ4v) is 12.0. The molecule has 1 fully saturated rings. The van der Waals surface area contributed by atoms with Crippen molar-refractivity contribution in [1.82, 2.24) is 20.5 Å². The number of esters is 1. The highest BCUT2D eigenvalue weighted by molar-refractivity contribution is 7.57. The minimum absolute atomic E-state index is 0.0583. The molecule has 0 bridgehead atoms. The Balaban J connectivity index is 1.37. The van der Waals surface area contributed by atoms with E-state index in [2.05, 4.69) is 57.9 Å². The van der Waals surface area contributed by atoms with Gasteiger partial charge in [-0.25, -0.2) is 0 Å². The molecule has 0 spiro atoms. The quantitative estimate of drug-likeness (QED) is 0.0321. The van der Waals surface area contributed by atoms with Crippen molar-refractivity contribution in [3.05, 3.63) is 133 Å². The van der Waals surface area contributed by atoms with Gasteiger partial charge in [-0.3, -0.25) is 28.5 Å². The van der Waals surface area contributed by atoms with Crippen LogP contribution in [0.15, 0.2) is 110 Å². The SMILES string of the molecule is C=CC[C@H](CNC(=O)[C@H](CC(N)=O)NC(=O)C1(NC(=O)[C@@H](CC(=O)OC(C)(C)C)[C@H](C=C)c2ccc(CP(=O)(Cc3ccccc3)OC(C)(C)C)cc2)CCCCC1)Cn1ccc2cc(C)ccc21. The molecule has 4 amide bonds. The maximum absolute atomic E-state index is 14.9. The highest BCUT2D eigenvalue weighted by Gasteiger charge is 2.45. The van der Waals surface area contributed by atoms with Crippen molar-refractivity contribution in [3.63, 3.8) is 0 Å². The van der Waals surface area contributed by atoms with Crippen LogP contribution >= 0.6 is 7.37 Å². The number of nitrogens with two attached hydrogens (primary N) is 1. The highest BCUT2D eigenvalue weighted by Crippen LogP contribution is 2.56. The van der Waals surface area contributed by atoms with Gasteiger partial charge in [0.05, 0.1) is 36.7 Å². The molecule has 5 rings (SSSR count). The van der Waals surface area contributed by atoms with E-state index in [0.717, 1.165) is 34.0 Å². The van der Waals surface area contributed by atoms with Gasteiger partial charge < -0.3 is 35.5 Å². The van der Waals surface area contributed by atoms with E-state index in [9.17, 15) is 28.5 Å². The van der Waals surface area contributed by atoms with Gasteiger partial charge in [-0.05, 0) is 114 Å². The third-order valence-electron chi connectivity index (χ3n) is 12.3. The number of fused-ring (bicyclic) bond motifs is 1. The molecule has 14 heteroatoms. The smallest absolute Gasteiger partial charge is 0.307 e. The van der Waals surface area contributed by atoms with Gasteiger partial charge in [-0.15, -0.1) is 13.2 Å². The summed E-state index contributed by atoms with van der Waals surface area (Å²) in [5, 5.41) is 9.91. The van der Waals surface area contributed by atoms with Crippen molar-refractivity contribution < 1.29 is 37.8 Å². The predicted molar refractivity (Wildman–Crippen MR) is 273 cm³/mol. The molecule has 3 aromatic carbocycles. The number of aryl methyl sites for hydroxylation is 1. The zero-order valence-electron chi connectivity index (χ0n) is 41.7. The number of carbonyl (C=O) groups excluding carboxylic acids is 5. The van der Waals surface area contributed by atoms with E-state index in [0.29, 0.717) is 31.4 Å². The second-order valence-electron chi connectivity index (χ2n) is 20.7. The number of nitrogens with zero attached hydrogens (tertiary/aromatic N) is 1. The number of carbonyl (C=O) groups is 5. The standard InChI is InChI=1S/C55H74N5O8P/c1-10-18-41(35-60-30-27-43-31-38(3)21-26-47(43)60)34-57-51(64)46(33-48(56)61)58-52(65)55(28-16-13-17-29-55)59-50(63)45(32-49(62)67-53(4,5)6)44(11-2)42-24-22-40(23-25-42)37-69(66,68-54(7,8)9)36-39-19-14-12-15-20-39/h10-12,14-15,19-27,30-31,41,44-46H,1-2,13,16-18,28-29,32-37H2,3-9H3,(H2,56,61)(H,57,64)(H,58,65)(H,59,63)/t41-,44-,45+,46+,69?/m1/s1. The first kappa shape index (κ1) is 54.2. The van der Waals surface area contributed by atoms with E-state index in [1.807, 2.05) is 88.5 Å². The fourth-order valence-electron chi connectivity index (χ4n) is 9.27. The normalized spacial score (nSPS) is 16.4. The molecule has 5 atom stereocenters. The van der Waals surface area contributed by atoms with Gasteiger partial charge in [0.25, 0.3) is 0 Å². The van der Waals surface area contributed by atoms with Crippen LogP contribution in [0, 0.1) is 18.8 Å². The number of aromatic nitrogens is 1. The molecule has 69 heavy (non-hydrogen) atoms. The van der Waals surface area contributed by atoms with E-state index in [4.69, 9.17) is 15.0 Å². The molecule has 13 nitrogen and oxygen atoms in total.